The molecule has 0 aliphatic heterocycles. The molecule has 0 heterocycles. The van der Waals surface area contributed by atoms with Crippen LogP contribution in [0.5, 0.6) is 0 Å². The summed E-state index contributed by atoms with van der Waals surface area (Å²) in [5.74, 6) is -2.41. The van der Waals surface area contributed by atoms with Crippen LogP contribution in [-0.2, 0) is 19.4 Å². The van der Waals surface area contributed by atoms with Gasteiger partial charge in [0.05, 0.1) is 10.6 Å². The molecule has 98 valence electrons. The summed E-state index contributed by atoms with van der Waals surface area (Å²) in [7, 11) is -3.53. The van der Waals surface area contributed by atoms with Gasteiger partial charge in [0.1, 0.15) is 0 Å². The van der Waals surface area contributed by atoms with Crippen LogP contribution >= 0.6 is 0 Å². The average molecular weight is 268 g/mol. The highest BCUT2D eigenvalue weighted by molar-refractivity contribution is 7.91. The Labute approximate surface area is 107 Å². The summed E-state index contributed by atoms with van der Waals surface area (Å²) >= 11 is 0. The van der Waals surface area contributed by atoms with Crippen LogP contribution in [0.3, 0.4) is 0 Å². The smallest absolute Gasteiger partial charge is 0.201 e. The van der Waals surface area contributed by atoms with Gasteiger partial charge < -0.3 is 0 Å². The SMILES string of the molecule is CC(=O)C(=O)C(C)CS(=O)(=O)c1ccc(C)cc1. The second-order valence-electron chi connectivity index (χ2n) is 4.42. The van der Waals surface area contributed by atoms with Crippen LogP contribution in [0.4, 0.5) is 0 Å². The molecule has 5 heteroatoms. The quantitative estimate of drug-likeness (QED) is 0.760. The van der Waals surface area contributed by atoms with Gasteiger partial charge in [-0.05, 0) is 19.1 Å². The van der Waals surface area contributed by atoms with Crippen LogP contribution in [0.1, 0.15) is 19.4 Å². The van der Waals surface area contributed by atoms with Crippen LogP contribution in [-0.4, -0.2) is 25.7 Å². The molecular weight excluding hydrogens is 252 g/mol. The fourth-order valence-corrected chi connectivity index (χ4v) is 3.15. The molecule has 0 N–H and O–H groups in total. The van der Waals surface area contributed by atoms with Gasteiger partial charge in [-0.15, -0.1) is 0 Å². The van der Waals surface area contributed by atoms with E-state index in [1.165, 1.54) is 19.1 Å². The van der Waals surface area contributed by atoms with Gasteiger partial charge in [-0.1, -0.05) is 24.6 Å². The van der Waals surface area contributed by atoms with E-state index >= 15 is 0 Å². The van der Waals surface area contributed by atoms with E-state index in [1.54, 1.807) is 12.1 Å². The number of aryl methyl sites for hydroxylation is 1. The summed E-state index contributed by atoms with van der Waals surface area (Å²) in [6.45, 7) is 4.46. The van der Waals surface area contributed by atoms with Crippen molar-refractivity contribution in [1.29, 1.82) is 0 Å². The maximum absolute atomic E-state index is 12.0. The number of sulfone groups is 1. The monoisotopic (exact) mass is 268 g/mol. The molecule has 0 saturated carbocycles. The maximum Gasteiger partial charge on any atom is 0.201 e. The van der Waals surface area contributed by atoms with Gasteiger partial charge in [0.15, 0.2) is 15.6 Å². The lowest BCUT2D eigenvalue weighted by molar-refractivity contribution is -0.137. The highest BCUT2D eigenvalue weighted by Crippen LogP contribution is 2.15. The molecule has 1 aromatic rings. The highest BCUT2D eigenvalue weighted by Gasteiger charge is 2.25. The van der Waals surface area contributed by atoms with Gasteiger partial charge >= 0.3 is 0 Å². The summed E-state index contributed by atoms with van der Waals surface area (Å²) in [6.07, 6.45) is 0. The first-order chi connectivity index (χ1) is 8.24. The number of carbonyl (C=O) groups is 2. The summed E-state index contributed by atoms with van der Waals surface area (Å²) < 4.78 is 24.0. The van der Waals surface area contributed by atoms with Crippen LogP contribution in [0, 0.1) is 12.8 Å². The summed E-state index contributed by atoms with van der Waals surface area (Å²) in [5, 5.41) is 0. The van der Waals surface area contributed by atoms with Crippen LogP contribution in [0.15, 0.2) is 29.2 Å². The fraction of sp³-hybridized carbons (Fsp3) is 0.385. The molecule has 4 nitrogen and oxygen atoms in total. The van der Waals surface area contributed by atoms with E-state index < -0.39 is 27.3 Å². The molecule has 0 bridgehead atoms. The Hall–Kier alpha value is -1.49. The predicted molar refractivity (Wildman–Crippen MR) is 68.1 cm³/mol. The van der Waals surface area contributed by atoms with Crippen molar-refractivity contribution < 1.29 is 18.0 Å². The van der Waals surface area contributed by atoms with Crippen LogP contribution in [0.25, 0.3) is 0 Å². The molecule has 1 rings (SSSR count). The van der Waals surface area contributed by atoms with Crippen LogP contribution in [0.2, 0.25) is 0 Å². The molecule has 0 radical (unpaired) electrons. The Kier molecular flexibility index (Phi) is 4.40. The van der Waals surface area contributed by atoms with E-state index in [1.807, 2.05) is 6.92 Å². The van der Waals surface area contributed by atoms with Crippen molar-refractivity contribution in [2.75, 3.05) is 5.75 Å². The average Bonchev–Trinajstić information content (AvgIpc) is 2.27. The third-order valence-corrected chi connectivity index (χ3v) is 4.57. The van der Waals surface area contributed by atoms with E-state index in [0.29, 0.717) is 0 Å². The van der Waals surface area contributed by atoms with E-state index in [9.17, 15) is 18.0 Å². The normalized spacial score (nSPS) is 13.1. The van der Waals surface area contributed by atoms with Crippen molar-refractivity contribution in [3.63, 3.8) is 0 Å². The summed E-state index contributed by atoms with van der Waals surface area (Å²) in [6, 6.07) is 6.42. The van der Waals surface area contributed by atoms with Gasteiger partial charge in [0.2, 0.25) is 5.78 Å². The summed E-state index contributed by atoms with van der Waals surface area (Å²) in [5.41, 5.74) is 0.960. The van der Waals surface area contributed by atoms with Gasteiger partial charge in [-0.3, -0.25) is 9.59 Å². The number of Topliss-reactive ketones (excluding diaryl/α,β-unsaturated/α-hetero) is 2. The Morgan fingerprint density at radius 2 is 1.67 bits per heavy atom. The molecule has 0 amide bonds. The third-order valence-electron chi connectivity index (χ3n) is 2.64. The van der Waals surface area contributed by atoms with E-state index in [0.717, 1.165) is 12.5 Å². The van der Waals surface area contributed by atoms with E-state index in [-0.39, 0.29) is 10.6 Å². The minimum atomic E-state index is -3.53. The number of benzene rings is 1. The number of carbonyl (C=O) groups excluding carboxylic acids is 2. The lowest BCUT2D eigenvalue weighted by atomic mass is 10.1. The van der Waals surface area contributed by atoms with Gasteiger partial charge in [-0.2, -0.15) is 0 Å². The minimum absolute atomic E-state index is 0.177. The fourth-order valence-electron chi connectivity index (χ4n) is 1.59. The predicted octanol–water partition coefficient (Wildman–Crippen LogP) is 1.56. The van der Waals surface area contributed by atoms with E-state index in [4.69, 9.17) is 0 Å². The molecule has 0 fully saturated rings. The molecule has 0 aliphatic carbocycles. The molecular formula is C13H16O4S. The van der Waals surface area contributed by atoms with Gasteiger partial charge in [0.25, 0.3) is 0 Å². The Bertz CT molecular complexity index is 555. The van der Waals surface area contributed by atoms with Crippen LogP contribution < -0.4 is 0 Å². The number of rotatable bonds is 5. The van der Waals surface area contributed by atoms with Gasteiger partial charge in [0, 0.05) is 12.8 Å². The van der Waals surface area contributed by atoms with Crippen molar-refractivity contribution >= 4 is 21.4 Å². The molecule has 0 saturated heterocycles. The topological polar surface area (TPSA) is 68.3 Å². The lowest BCUT2D eigenvalue weighted by Crippen LogP contribution is -2.26. The zero-order valence-electron chi connectivity index (χ0n) is 10.6. The van der Waals surface area contributed by atoms with Crippen molar-refractivity contribution in [3.8, 4) is 0 Å². The van der Waals surface area contributed by atoms with Gasteiger partial charge in [-0.25, -0.2) is 8.42 Å². The van der Waals surface area contributed by atoms with E-state index in [2.05, 4.69) is 0 Å². The first-order valence-electron chi connectivity index (χ1n) is 5.58. The molecule has 0 aliphatic rings. The Balaban J connectivity index is 2.92. The third kappa shape index (κ3) is 3.50. The lowest BCUT2D eigenvalue weighted by Gasteiger charge is -2.09. The zero-order chi connectivity index (χ0) is 13.9. The Morgan fingerprint density at radius 3 is 2.11 bits per heavy atom. The molecule has 18 heavy (non-hydrogen) atoms. The zero-order valence-corrected chi connectivity index (χ0v) is 11.5. The molecule has 1 aromatic carbocycles. The summed E-state index contributed by atoms with van der Waals surface area (Å²) in [4.78, 5) is 22.5. The molecule has 1 unspecified atom stereocenters. The highest BCUT2D eigenvalue weighted by atomic mass is 32.2. The van der Waals surface area contributed by atoms with Crippen molar-refractivity contribution in [2.45, 2.75) is 25.7 Å². The second-order valence-corrected chi connectivity index (χ2v) is 6.45. The van der Waals surface area contributed by atoms with Crippen molar-refractivity contribution in [1.82, 2.24) is 0 Å². The first kappa shape index (κ1) is 14.6. The van der Waals surface area contributed by atoms with Crippen molar-refractivity contribution in [3.05, 3.63) is 29.8 Å². The molecule has 0 aromatic heterocycles. The number of hydrogen-bond donors (Lipinski definition) is 0. The standard InChI is InChI=1S/C13H16O4S/c1-9-4-6-12(7-5-9)18(16,17)8-10(2)13(15)11(3)14/h4-7,10H,8H2,1-3H3. The maximum atomic E-state index is 12.0. The number of ketones is 2. The Morgan fingerprint density at radius 1 is 1.17 bits per heavy atom. The largest absolute Gasteiger partial charge is 0.291 e. The molecule has 1 atom stereocenters. The second kappa shape index (κ2) is 5.44. The molecule has 0 spiro atoms. The van der Waals surface area contributed by atoms with Crippen molar-refractivity contribution in [2.24, 2.45) is 5.92 Å². The first-order valence-corrected chi connectivity index (χ1v) is 7.23. The number of hydrogen-bond acceptors (Lipinski definition) is 4. The minimum Gasteiger partial charge on any atom is -0.291 e.